The van der Waals surface area contributed by atoms with Gasteiger partial charge in [-0.05, 0) is 32.3 Å². The van der Waals surface area contributed by atoms with Crippen molar-refractivity contribution in [2.75, 3.05) is 0 Å². The minimum Gasteiger partial charge on any atom is -0.481 e. The van der Waals surface area contributed by atoms with Crippen molar-refractivity contribution >= 4 is 11.9 Å². The Morgan fingerprint density at radius 1 is 1.50 bits per heavy atom. The van der Waals surface area contributed by atoms with Crippen molar-refractivity contribution in [2.24, 2.45) is 5.92 Å². The molecule has 18 heavy (non-hydrogen) atoms. The first-order valence-corrected chi connectivity index (χ1v) is 6.10. The molecule has 0 saturated heterocycles. The molecule has 1 aromatic rings. The molecule has 0 bridgehead atoms. The Hall–Kier alpha value is -1.85. The van der Waals surface area contributed by atoms with E-state index in [9.17, 15) is 9.59 Å². The number of hydrogen-bond acceptors (Lipinski definition) is 3. The fourth-order valence-electron chi connectivity index (χ4n) is 2.29. The summed E-state index contributed by atoms with van der Waals surface area (Å²) in [6, 6.07) is 1.36. The van der Waals surface area contributed by atoms with Crippen LogP contribution in [0.5, 0.6) is 0 Å². The van der Waals surface area contributed by atoms with Crippen molar-refractivity contribution in [1.29, 1.82) is 0 Å². The third kappa shape index (κ3) is 2.69. The summed E-state index contributed by atoms with van der Waals surface area (Å²) < 4.78 is 1.58. The van der Waals surface area contributed by atoms with Crippen LogP contribution in [0.1, 0.15) is 32.2 Å². The maximum atomic E-state index is 12.0. The molecule has 6 heteroatoms. The number of amides is 1. The van der Waals surface area contributed by atoms with E-state index in [-0.39, 0.29) is 23.9 Å². The largest absolute Gasteiger partial charge is 0.481 e. The van der Waals surface area contributed by atoms with Crippen molar-refractivity contribution in [3.8, 4) is 0 Å². The van der Waals surface area contributed by atoms with E-state index >= 15 is 0 Å². The van der Waals surface area contributed by atoms with Crippen molar-refractivity contribution in [2.45, 2.75) is 38.3 Å². The van der Waals surface area contributed by atoms with Crippen LogP contribution in [-0.4, -0.2) is 32.8 Å². The highest BCUT2D eigenvalue weighted by atomic mass is 16.4. The third-order valence-electron chi connectivity index (χ3n) is 3.43. The zero-order valence-corrected chi connectivity index (χ0v) is 10.2. The van der Waals surface area contributed by atoms with Gasteiger partial charge in [0.05, 0.1) is 5.92 Å². The number of nitrogens with zero attached hydrogens (tertiary/aromatic N) is 2. The molecular weight excluding hydrogens is 234 g/mol. The predicted molar refractivity (Wildman–Crippen MR) is 63.8 cm³/mol. The molecule has 1 unspecified atom stereocenters. The molecule has 0 aliphatic heterocycles. The van der Waals surface area contributed by atoms with Gasteiger partial charge in [0.2, 0.25) is 5.91 Å². The lowest BCUT2D eigenvalue weighted by Crippen LogP contribution is -2.38. The topological polar surface area (TPSA) is 84.2 Å². The van der Waals surface area contributed by atoms with Crippen LogP contribution in [0, 0.1) is 5.92 Å². The second kappa shape index (κ2) is 5.20. The van der Waals surface area contributed by atoms with Crippen LogP contribution >= 0.6 is 0 Å². The molecule has 1 aliphatic rings. The molecule has 2 rings (SSSR count). The normalized spacial score (nSPS) is 24.7. The van der Waals surface area contributed by atoms with Gasteiger partial charge in [0.25, 0.3) is 0 Å². The molecule has 3 atom stereocenters. The second-order valence-electron chi connectivity index (χ2n) is 4.72. The summed E-state index contributed by atoms with van der Waals surface area (Å²) in [4.78, 5) is 22.8. The predicted octanol–water partition coefficient (Wildman–Crippen LogP) is 0.814. The highest BCUT2D eigenvalue weighted by Crippen LogP contribution is 2.26. The van der Waals surface area contributed by atoms with E-state index in [1.54, 1.807) is 30.1 Å². The van der Waals surface area contributed by atoms with Crippen LogP contribution in [-0.2, 0) is 9.59 Å². The summed E-state index contributed by atoms with van der Waals surface area (Å²) in [5.41, 5.74) is 0. The molecule has 6 nitrogen and oxygen atoms in total. The maximum Gasteiger partial charge on any atom is 0.306 e. The van der Waals surface area contributed by atoms with Crippen LogP contribution in [0.4, 0.5) is 0 Å². The van der Waals surface area contributed by atoms with E-state index in [1.807, 2.05) is 0 Å². The van der Waals surface area contributed by atoms with Crippen molar-refractivity contribution in [3.63, 3.8) is 0 Å². The highest BCUT2D eigenvalue weighted by Gasteiger charge is 2.31. The van der Waals surface area contributed by atoms with Crippen molar-refractivity contribution in [1.82, 2.24) is 15.1 Å². The molecule has 1 aromatic heterocycles. The van der Waals surface area contributed by atoms with Crippen molar-refractivity contribution < 1.29 is 14.7 Å². The van der Waals surface area contributed by atoms with E-state index in [0.29, 0.717) is 12.8 Å². The highest BCUT2D eigenvalue weighted by molar-refractivity contribution is 5.80. The average molecular weight is 251 g/mol. The lowest BCUT2D eigenvalue weighted by atomic mass is 10.1. The Balaban J connectivity index is 1.87. The quantitative estimate of drug-likeness (QED) is 0.829. The van der Waals surface area contributed by atoms with Gasteiger partial charge in [-0.15, -0.1) is 0 Å². The second-order valence-corrected chi connectivity index (χ2v) is 4.72. The van der Waals surface area contributed by atoms with Gasteiger partial charge in [-0.25, -0.2) is 0 Å². The molecule has 1 heterocycles. The number of carboxylic acids is 1. The Labute approximate surface area is 105 Å². The molecule has 1 saturated carbocycles. The van der Waals surface area contributed by atoms with Crippen LogP contribution in [0.15, 0.2) is 18.5 Å². The molecule has 98 valence electrons. The number of aliphatic carboxylic acids is 1. The molecule has 0 aromatic carbocycles. The number of rotatable bonds is 4. The van der Waals surface area contributed by atoms with E-state index in [0.717, 1.165) is 6.42 Å². The lowest BCUT2D eigenvalue weighted by molar-refractivity contribution is -0.141. The lowest BCUT2D eigenvalue weighted by Gasteiger charge is -2.17. The maximum absolute atomic E-state index is 12.0. The fourth-order valence-corrected chi connectivity index (χ4v) is 2.29. The fraction of sp³-hybridized carbons (Fsp3) is 0.583. The van der Waals surface area contributed by atoms with Gasteiger partial charge in [0.1, 0.15) is 6.04 Å². The Morgan fingerprint density at radius 2 is 2.28 bits per heavy atom. The Bertz CT molecular complexity index is 430. The van der Waals surface area contributed by atoms with Crippen LogP contribution < -0.4 is 5.32 Å². The third-order valence-corrected chi connectivity index (χ3v) is 3.43. The summed E-state index contributed by atoms with van der Waals surface area (Å²) in [5.74, 6) is -1.21. The average Bonchev–Trinajstić information content (AvgIpc) is 2.98. The number of nitrogens with one attached hydrogen (secondary N) is 1. The molecule has 1 aliphatic carbocycles. The standard InChI is InChI=1S/C12H17N3O3/c1-8(15-6-2-5-13-15)11(16)14-10-4-3-9(7-10)12(17)18/h2,5-6,8-10H,3-4,7H2,1H3,(H,14,16)(H,17,18)/t8?,9-,10+/m1/s1. The SMILES string of the molecule is CC(C(=O)N[C@H]1CC[C@@H](C(=O)O)C1)n1cccn1. The molecule has 1 amide bonds. The monoisotopic (exact) mass is 251 g/mol. The molecule has 0 spiro atoms. The summed E-state index contributed by atoms with van der Waals surface area (Å²) in [5, 5.41) is 15.8. The summed E-state index contributed by atoms with van der Waals surface area (Å²) in [6.45, 7) is 1.77. The van der Waals surface area contributed by atoms with Gasteiger partial charge in [0.15, 0.2) is 0 Å². The molecule has 0 radical (unpaired) electrons. The van der Waals surface area contributed by atoms with Gasteiger partial charge < -0.3 is 10.4 Å². The minimum atomic E-state index is -0.771. The van der Waals surface area contributed by atoms with E-state index in [1.165, 1.54) is 0 Å². The zero-order valence-electron chi connectivity index (χ0n) is 10.2. The van der Waals surface area contributed by atoms with Gasteiger partial charge in [-0.3, -0.25) is 14.3 Å². The minimum absolute atomic E-state index is 0.0309. The number of hydrogen-bond donors (Lipinski definition) is 2. The van der Waals surface area contributed by atoms with Gasteiger partial charge in [-0.2, -0.15) is 5.10 Å². The van der Waals surface area contributed by atoms with Crippen LogP contribution in [0.2, 0.25) is 0 Å². The van der Waals surface area contributed by atoms with Gasteiger partial charge in [0, 0.05) is 18.4 Å². The summed E-state index contributed by atoms with van der Waals surface area (Å²) in [7, 11) is 0. The number of aromatic nitrogens is 2. The number of carboxylic acid groups (broad SMARTS) is 1. The van der Waals surface area contributed by atoms with Gasteiger partial charge in [-0.1, -0.05) is 0 Å². The summed E-state index contributed by atoms with van der Waals surface area (Å²) in [6.07, 6.45) is 5.25. The smallest absolute Gasteiger partial charge is 0.306 e. The Kier molecular flexibility index (Phi) is 3.64. The Morgan fingerprint density at radius 3 is 2.83 bits per heavy atom. The zero-order chi connectivity index (χ0) is 13.1. The first kappa shape index (κ1) is 12.6. The molecular formula is C12H17N3O3. The van der Waals surface area contributed by atoms with Crippen molar-refractivity contribution in [3.05, 3.63) is 18.5 Å². The number of carbonyl (C=O) groups excluding carboxylic acids is 1. The van der Waals surface area contributed by atoms with Crippen LogP contribution in [0.3, 0.4) is 0 Å². The number of carbonyl (C=O) groups is 2. The van der Waals surface area contributed by atoms with Crippen LogP contribution in [0.25, 0.3) is 0 Å². The summed E-state index contributed by atoms with van der Waals surface area (Å²) >= 11 is 0. The first-order valence-electron chi connectivity index (χ1n) is 6.10. The van der Waals surface area contributed by atoms with Gasteiger partial charge >= 0.3 is 5.97 Å². The van der Waals surface area contributed by atoms with E-state index < -0.39 is 5.97 Å². The first-order chi connectivity index (χ1) is 8.58. The van der Waals surface area contributed by atoms with E-state index in [4.69, 9.17) is 5.11 Å². The van der Waals surface area contributed by atoms with E-state index in [2.05, 4.69) is 10.4 Å². The molecule has 2 N–H and O–H groups in total. The molecule has 1 fully saturated rings.